The lowest BCUT2D eigenvalue weighted by atomic mass is 10.2. The summed E-state index contributed by atoms with van der Waals surface area (Å²) in [6, 6.07) is 8.01. The minimum Gasteiger partial charge on any atom is -0.464 e. The second kappa shape index (κ2) is 5.36. The molecule has 19 heavy (non-hydrogen) atoms. The van der Waals surface area contributed by atoms with Crippen LogP contribution in [0.2, 0.25) is 0 Å². The van der Waals surface area contributed by atoms with Crippen molar-refractivity contribution in [2.24, 2.45) is 0 Å². The van der Waals surface area contributed by atoms with Crippen LogP contribution in [0.5, 0.6) is 0 Å². The maximum atomic E-state index is 11.8. The topological polar surface area (TPSA) is 61.2 Å². The summed E-state index contributed by atoms with van der Waals surface area (Å²) < 4.78 is 6.61. The van der Waals surface area contributed by atoms with E-state index in [9.17, 15) is 9.59 Å². The molecule has 1 aromatic heterocycles. The molecule has 0 bridgehead atoms. The Morgan fingerprint density at radius 1 is 1.32 bits per heavy atom. The fraction of sp³-hybridized carbons (Fsp3) is 0.154. The second-order valence-electron chi connectivity index (χ2n) is 3.89. The number of hydrogen-bond donors (Lipinski definition) is 0. The van der Waals surface area contributed by atoms with Gasteiger partial charge in [0.05, 0.1) is 12.8 Å². The minimum atomic E-state index is -0.583. The fourth-order valence-corrected chi connectivity index (χ4v) is 1.89. The Labute approximate surface area is 118 Å². The number of methoxy groups -OCH3 is 1. The lowest BCUT2D eigenvalue weighted by Crippen LogP contribution is -2.23. The maximum Gasteiger partial charge on any atom is 0.358 e. The number of carbonyl (C=O) groups is 1. The Hall–Kier alpha value is -1.95. The van der Waals surface area contributed by atoms with Crippen LogP contribution < -0.4 is 5.56 Å². The average Bonchev–Trinajstić information content (AvgIpc) is 2.41. The summed E-state index contributed by atoms with van der Waals surface area (Å²) in [4.78, 5) is 23.2. The molecule has 0 N–H and O–H groups in total. The lowest BCUT2D eigenvalue weighted by Gasteiger charge is -2.07. The van der Waals surface area contributed by atoms with E-state index < -0.39 is 5.97 Å². The minimum absolute atomic E-state index is 0.0822. The average molecular weight is 323 g/mol. The number of halogens is 1. The van der Waals surface area contributed by atoms with Gasteiger partial charge in [0.25, 0.3) is 5.56 Å². The molecular formula is C13H11BrN2O3. The van der Waals surface area contributed by atoms with Gasteiger partial charge in [-0.05, 0) is 30.7 Å². The second-order valence-corrected chi connectivity index (χ2v) is 4.75. The number of ether oxygens (including phenoxy) is 1. The van der Waals surface area contributed by atoms with Crippen LogP contribution in [0.1, 0.15) is 16.1 Å². The summed E-state index contributed by atoms with van der Waals surface area (Å²) in [5.41, 5.74) is 1.39. The quantitative estimate of drug-likeness (QED) is 0.794. The molecule has 0 saturated heterocycles. The van der Waals surface area contributed by atoms with Crippen LogP contribution in [0.25, 0.3) is 5.69 Å². The third-order valence-corrected chi connectivity index (χ3v) is 3.45. The van der Waals surface area contributed by atoms with E-state index in [4.69, 9.17) is 0 Å². The zero-order valence-electron chi connectivity index (χ0n) is 10.4. The number of hydrogen-bond acceptors (Lipinski definition) is 4. The monoisotopic (exact) mass is 322 g/mol. The predicted octanol–water partition coefficient (Wildman–Crippen LogP) is 2.09. The van der Waals surface area contributed by atoms with Crippen LogP contribution in [0, 0.1) is 6.92 Å². The highest BCUT2D eigenvalue weighted by atomic mass is 79.9. The highest BCUT2D eigenvalue weighted by Gasteiger charge is 2.10. The van der Waals surface area contributed by atoms with Crippen molar-refractivity contribution < 1.29 is 9.53 Å². The van der Waals surface area contributed by atoms with Crippen LogP contribution in [-0.4, -0.2) is 22.9 Å². The molecular weight excluding hydrogens is 312 g/mol. The molecule has 5 nitrogen and oxygen atoms in total. The molecule has 0 spiro atoms. The van der Waals surface area contributed by atoms with Crippen molar-refractivity contribution in [3.63, 3.8) is 0 Å². The van der Waals surface area contributed by atoms with Crippen LogP contribution >= 0.6 is 15.9 Å². The van der Waals surface area contributed by atoms with Gasteiger partial charge in [0.1, 0.15) is 0 Å². The Morgan fingerprint density at radius 3 is 2.68 bits per heavy atom. The largest absolute Gasteiger partial charge is 0.464 e. The maximum absolute atomic E-state index is 11.8. The van der Waals surface area contributed by atoms with Gasteiger partial charge in [0.15, 0.2) is 5.69 Å². The van der Waals surface area contributed by atoms with Gasteiger partial charge >= 0.3 is 5.97 Å². The van der Waals surface area contributed by atoms with E-state index in [1.807, 2.05) is 13.0 Å². The van der Waals surface area contributed by atoms with Gasteiger partial charge in [-0.25, -0.2) is 4.79 Å². The smallest absolute Gasteiger partial charge is 0.358 e. The summed E-state index contributed by atoms with van der Waals surface area (Å²) in [5.74, 6) is -0.583. The first-order valence-corrected chi connectivity index (χ1v) is 6.27. The predicted molar refractivity (Wildman–Crippen MR) is 73.6 cm³/mol. The van der Waals surface area contributed by atoms with Gasteiger partial charge in [-0.3, -0.25) is 4.79 Å². The zero-order chi connectivity index (χ0) is 14.0. The number of rotatable bonds is 2. The molecule has 0 atom stereocenters. The van der Waals surface area contributed by atoms with Crippen LogP contribution in [0.4, 0.5) is 0 Å². The van der Waals surface area contributed by atoms with Gasteiger partial charge < -0.3 is 4.74 Å². The molecule has 2 aromatic rings. The molecule has 6 heteroatoms. The normalized spacial score (nSPS) is 10.3. The molecule has 0 aliphatic heterocycles. The molecule has 2 rings (SSSR count). The summed E-state index contributed by atoms with van der Waals surface area (Å²) in [6.45, 7) is 1.94. The molecule has 0 fully saturated rings. The van der Waals surface area contributed by atoms with Gasteiger partial charge in [0.2, 0.25) is 0 Å². The molecule has 0 aliphatic rings. The van der Waals surface area contributed by atoms with Crippen molar-refractivity contribution in [1.29, 1.82) is 0 Å². The standard InChI is InChI=1S/C13H11BrN2O3/c1-8-3-4-9(7-10(8)14)16-12(17)6-5-11(15-16)13(18)19-2/h3-7H,1-2H3. The van der Waals surface area contributed by atoms with Gasteiger partial charge in [-0.2, -0.15) is 9.78 Å². The Bertz CT molecular complexity index is 695. The number of benzene rings is 1. The highest BCUT2D eigenvalue weighted by molar-refractivity contribution is 9.10. The molecule has 0 amide bonds. The van der Waals surface area contributed by atoms with E-state index in [1.165, 1.54) is 19.2 Å². The van der Waals surface area contributed by atoms with Crippen LogP contribution in [0.15, 0.2) is 39.6 Å². The number of aryl methyl sites for hydroxylation is 1. The van der Waals surface area contributed by atoms with Crippen molar-refractivity contribution in [2.75, 3.05) is 7.11 Å². The number of carbonyl (C=O) groups excluding carboxylic acids is 1. The number of esters is 1. The van der Waals surface area contributed by atoms with E-state index in [1.54, 1.807) is 12.1 Å². The van der Waals surface area contributed by atoms with Crippen LogP contribution in [-0.2, 0) is 4.74 Å². The molecule has 0 radical (unpaired) electrons. The van der Waals surface area contributed by atoms with Crippen molar-refractivity contribution in [3.05, 3.63) is 56.4 Å². The third kappa shape index (κ3) is 2.73. The molecule has 0 unspecified atom stereocenters. The Kier molecular flexibility index (Phi) is 3.80. The molecule has 98 valence electrons. The van der Waals surface area contributed by atoms with Crippen molar-refractivity contribution in [3.8, 4) is 5.69 Å². The molecule has 0 aliphatic carbocycles. The SMILES string of the molecule is COC(=O)c1ccc(=O)n(-c2ccc(C)c(Br)c2)n1. The van der Waals surface area contributed by atoms with Crippen molar-refractivity contribution >= 4 is 21.9 Å². The van der Waals surface area contributed by atoms with Gasteiger partial charge in [-0.15, -0.1) is 0 Å². The summed E-state index contributed by atoms with van der Waals surface area (Å²) in [7, 11) is 1.27. The van der Waals surface area contributed by atoms with E-state index >= 15 is 0 Å². The van der Waals surface area contributed by atoms with E-state index in [-0.39, 0.29) is 11.3 Å². The van der Waals surface area contributed by atoms with Crippen molar-refractivity contribution in [1.82, 2.24) is 9.78 Å². The van der Waals surface area contributed by atoms with E-state index in [2.05, 4.69) is 25.8 Å². The molecule has 1 heterocycles. The number of aromatic nitrogens is 2. The third-order valence-electron chi connectivity index (χ3n) is 2.59. The van der Waals surface area contributed by atoms with Gasteiger partial charge in [0, 0.05) is 10.5 Å². The van der Waals surface area contributed by atoms with Crippen LogP contribution in [0.3, 0.4) is 0 Å². The number of nitrogens with zero attached hydrogens (tertiary/aromatic N) is 2. The molecule has 1 aromatic carbocycles. The summed E-state index contributed by atoms with van der Waals surface area (Å²) >= 11 is 3.39. The first-order valence-electron chi connectivity index (χ1n) is 5.48. The van der Waals surface area contributed by atoms with E-state index in [0.29, 0.717) is 5.69 Å². The Morgan fingerprint density at radius 2 is 2.05 bits per heavy atom. The summed E-state index contributed by atoms with van der Waals surface area (Å²) in [5, 5.41) is 3.99. The first kappa shape index (κ1) is 13.5. The summed E-state index contributed by atoms with van der Waals surface area (Å²) in [6.07, 6.45) is 0. The van der Waals surface area contributed by atoms with E-state index in [0.717, 1.165) is 14.7 Å². The van der Waals surface area contributed by atoms with Crippen molar-refractivity contribution in [2.45, 2.75) is 6.92 Å². The van der Waals surface area contributed by atoms with Gasteiger partial charge in [-0.1, -0.05) is 22.0 Å². The fourth-order valence-electron chi connectivity index (χ4n) is 1.52. The first-order chi connectivity index (χ1) is 9.02. The zero-order valence-corrected chi connectivity index (χ0v) is 12.0. The lowest BCUT2D eigenvalue weighted by molar-refractivity contribution is 0.0591. The Balaban J connectivity index is 2.57. The molecule has 0 saturated carbocycles. The highest BCUT2D eigenvalue weighted by Crippen LogP contribution is 2.18.